The summed E-state index contributed by atoms with van der Waals surface area (Å²) in [6, 6.07) is 19.3. The maximum atomic E-state index is 4.95. The summed E-state index contributed by atoms with van der Waals surface area (Å²) in [5.74, 6) is 0. The van der Waals surface area contributed by atoms with E-state index in [1.807, 2.05) is 0 Å². The zero-order valence-electron chi connectivity index (χ0n) is 18.2. The smallest absolute Gasteiger partial charge is 0.0974 e. The maximum Gasteiger partial charge on any atom is 0.0974 e. The minimum Gasteiger partial charge on any atom is -0.251 e. The molecule has 0 N–H and O–H groups in total. The number of pyridine rings is 2. The Kier molecular flexibility index (Phi) is 5.76. The fourth-order valence-electron chi connectivity index (χ4n) is 4.07. The Balaban J connectivity index is 2.04. The Morgan fingerprint density at radius 3 is 2.20 bits per heavy atom. The lowest BCUT2D eigenvalue weighted by Crippen LogP contribution is -1.96. The second-order valence-corrected chi connectivity index (χ2v) is 7.73. The second-order valence-electron chi connectivity index (χ2n) is 7.73. The van der Waals surface area contributed by atoms with Gasteiger partial charge in [-0.15, -0.1) is 0 Å². The summed E-state index contributed by atoms with van der Waals surface area (Å²) >= 11 is 0. The predicted octanol–water partition coefficient (Wildman–Crippen LogP) is 7.83. The average molecular weight is 393 g/mol. The van der Waals surface area contributed by atoms with Crippen LogP contribution in [0.2, 0.25) is 0 Å². The lowest BCUT2D eigenvalue weighted by molar-refractivity contribution is 1.20. The first-order valence-electron chi connectivity index (χ1n) is 10.8. The standard InChI is InChI=1S/C28H28N2/c1-5-7-9-12-21(6-2)25-17-19(3)29-27-23(25)15-16-24-26(18-20(4)30-28(24)27)22-13-10-8-11-14-22/h7-18H,5-6H2,1-4H3/b9-7-,21-12+. The number of rotatable bonds is 5. The average Bonchev–Trinajstić information content (AvgIpc) is 2.76. The number of hydrogen-bond acceptors (Lipinski definition) is 2. The van der Waals surface area contributed by atoms with Crippen molar-refractivity contribution in [3.63, 3.8) is 0 Å². The SMILES string of the molecule is CC/C=C\C=C(/CC)c1cc(C)nc2c1ccc1c(-c3ccccc3)cc(C)nc12. The van der Waals surface area contributed by atoms with Crippen molar-refractivity contribution in [2.75, 3.05) is 0 Å². The van der Waals surface area contributed by atoms with Crippen molar-refractivity contribution in [2.24, 2.45) is 0 Å². The molecule has 0 saturated heterocycles. The first-order chi connectivity index (χ1) is 14.6. The van der Waals surface area contributed by atoms with Crippen LogP contribution in [0.15, 0.2) is 72.8 Å². The van der Waals surface area contributed by atoms with Crippen LogP contribution in [0.5, 0.6) is 0 Å². The fourth-order valence-corrected chi connectivity index (χ4v) is 4.07. The second kappa shape index (κ2) is 8.62. The molecule has 0 aliphatic heterocycles. The third kappa shape index (κ3) is 3.78. The zero-order valence-corrected chi connectivity index (χ0v) is 18.2. The molecule has 0 aliphatic carbocycles. The molecule has 0 saturated carbocycles. The van der Waals surface area contributed by atoms with Crippen LogP contribution in [0, 0.1) is 13.8 Å². The minimum absolute atomic E-state index is 0.973. The van der Waals surface area contributed by atoms with Gasteiger partial charge in [-0.05, 0) is 61.1 Å². The van der Waals surface area contributed by atoms with E-state index in [1.165, 1.54) is 27.6 Å². The molecule has 150 valence electrons. The number of nitrogens with zero attached hydrogens (tertiary/aromatic N) is 2. The van der Waals surface area contributed by atoms with Crippen molar-refractivity contribution in [3.8, 4) is 11.1 Å². The van der Waals surface area contributed by atoms with E-state index in [-0.39, 0.29) is 0 Å². The van der Waals surface area contributed by atoms with E-state index in [2.05, 4.69) is 101 Å². The zero-order chi connectivity index (χ0) is 21.1. The van der Waals surface area contributed by atoms with Gasteiger partial charge in [0.15, 0.2) is 0 Å². The van der Waals surface area contributed by atoms with Gasteiger partial charge in [0.2, 0.25) is 0 Å². The summed E-state index contributed by atoms with van der Waals surface area (Å²) in [5.41, 5.74) is 9.00. The van der Waals surface area contributed by atoms with E-state index in [9.17, 15) is 0 Å². The predicted molar refractivity (Wildman–Crippen MR) is 130 cm³/mol. The monoisotopic (exact) mass is 392 g/mol. The molecule has 4 rings (SSSR count). The third-order valence-corrected chi connectivity index (χ3v) is 5.50. The molecule has 0 aliphatic rings. The van der Waals surface area contributed by atoms with Gasteiger partial charge in [0.05, 0.1) is 11.0 Å². The molecule has 0 bridgehead atoms. The van der Waals surface area contributed by atoms with Crippen LogP contribution in [-0.4, -0.2) is 9.97 Å². The van der Waals surface area contributed by atoms with Gasteiger partial charge in [-0.25, -0.2) is 0 Å². The van der Waals surface area contributed by atoms with E-state index < -0.39 is 0 Å². The summed E-state index contributed by atoms with van der Waals surface area (Å²) < 4.78 is 0. The maximum absolute atomic E-state index is 4.95. The van der Waals surface area contributed by atoms with Crippen molar-refractivity contribution >= 4 is 27.4 Å². The largest absolute Gasteiger partial charge is 0.251 e. The number of benzene rings is 2. The highest BCUT2D eigenvalue weighted by Gasteiger charge is 2.14. The Morgan fingerprint density at radius 2 is 1.50 bits per heavy atom. The molecular formula is C28H28N2. The molecule has 0 unspecified atom stereocenters. The van der Waals surface area contributed by atoms with Crippen LogP contribution in [0.4, 0.5) is 0 Å². The van der Waals surface area contributed by atoms with Gasteiger partial charge >= 0.3 is 0 Å². The fraction of sp³-hybridized carbons (Fsp3) is 0.214. The highest BCUT2D eigenvalue weighted by Crippen LogP contribution is 2.35. The normalized spacial score (nSPS) is 12.3. The first kappa shape index (κ1) is 20.0. The lowest BCUT2D eigenvalue weighted by atomic mass is 9.94. The summed E-state index contributed by atoms with van der Waals surface area (Å²) in [7, 11) is 0. The first-order valence-corrected chi connectivity index (χ1v) is 10.8. The van der Waals surface area contributed by atoms with Crippen molar-refractivity contribution < 1.29 is 0 Å². The van der Waals surface area contributed by atoms with Crippen LogP contribution in [-0.2, 0) is 0 Å². The highest BCUT2D eigenvalue weighted by atomic mass is 14.8. The number of allylic oxidation sites excluding steroid dienone is 4. The number of aryl methyl sites for hydroxylation is 2. The molecule has 2 heteroatoms. The Morgan fingerprint density at radius 1 is 0.833 bits per heavy atom. The van der Waals surface area contributed by atoms with Crippen LogP contribution >= 0.6 is 0 Å². The molecular weight excluding hydrogens is 364 g/mol. The molecule has 4 aromatic rings. The topological polar surface area (TPSA) is 25.8 Å². The Bertz CT molecular complexity index is 1260. The van der Waals surface area contributed by atoms with Crippen molar-refractivity contribution in [1.29, 1.82) is 0 Å². The van der Waals surface area contributed by atoms with Gasteiger partial charge in [0.25, 0.3) is 0 Å². The van der Waals surface area contributed by atoms with Crippen LogP contribution < -0.4 is 0 Å². The number of fused-ring (bicyclic) bond motifs is 3. The molecule has 0 fully saturated rings. The van der Waals surface area contributed by atoms with E-state index in [4.69, 9.17) is 9.97 Å². The third-order valence-electron chi connectivity index (χ3n) is 5.50. The summed E-state index contributed by atoms with van der Waals surface area (Å²) in [6.45, 7) is 8.51. The van der Waals surface area contributed by atoms with Crippen molar-refractivity contribution in [3.05, 3.63) is 89.8 Å². The van der Waals surface area contributed by atoms with Gasteiger partial charge in [-0.3, -0.25) is 9.97 Å². The van der Waals surface area contributed by atoms with Gasteiger partial charge in [-0.1, -0.05) is 74.5 Å². The van der Waals surface area contributed by atoms with E-state index in [0.717, 1.165) is 40.6 Å². The molecule has 0 spiro atoms. The number of hydrogen-bond donors (Lipinski definition) is 0. The lowest BCUT2D eigenvalue weighted by Gasteiger charge is -2.14. The van der Waals surface area contributed by atoms with Crippen LogP contribution in [0.1, 0.15) is 43.6 Å². The van der Waals surface area contributed by atoms with E-state index >= 15 is 0 Å². The van der Waals surface area contributed by atoms with Crippen molar-refractivity contribution in [1.82, 2.24) is 9.97 Å². The van der Waals surface area contributed by atoms with E-state index in [0.29, 0.717) is 0 Å². The molecule has 2 aromatic heterocycles. The summed E-state index contributed by atoms with van der Waals surface area (Å²) in [5, 5.41) is 2.32. The minimum atomic E-state index is 0.973. The van der Waals surface area contributed by atoms with Crippen LogP contribution in [0.3, 0.4) is 0 Å². The van der Waals surface area contributed by atoms with Gasteiger partial charge in [0, 0.05) is 22.2 Å². The molecule has 0 amide bonds. The van der Waals surface area contributed by atoms with Crippen molar-refractivity contribution in [2.45, 2.75) is 40.5 Å². The van der Waals surface area contributed by atoms with Gasteiger partial charge in [0.1, 0.15) is 0 Å². The summed E-state index contributed by atoms with van der Waals surface area (Å²) in [6.07, 6.45) is 8.61. The van der Waals surface area contributed by atoms with Gasteiger partial charge in [-0.2, -0.15) is 0 Å². The molecule has 30 heavy (non-hydrogen) atoms. The van der Waals surface area contributed by atoms with E-state index in [1.54, 1.807) is 0 Å². The molecule has 0 radical (unpaired) electrons. The highest BCUT2D eigenvalue weighted by molar-refractivity contribution is 6.10. The number of aromatic nitrogens is 2. The molecule has 2 heterocycles. The Hall–Kier alpha value is -3.26. The molecule has 0 atom stereocenters. The molecule has 2 aromatic carbocycles. The molecule has 2 nitrogen and oxygen atoms in total. The Labute approximate surface area is 179 Å². The van der Waals surface area contributed by atoms with Gasteiger partial charge < -0.3 is 0 Å². The quantitative estimate of drug-likeness (QED) is 0.255. The summed E-state index contributed by atoms with van der Waals surface area (Å²) in [4.78, 5) is 9.88. The van der Waals surface area contributed by atoms with Crippen LogP contribution in [0.25, 0.3) is 38.5 Å².